The predicted octanol–water partition coefficient (Wildman–Crippen LogP) is 7.02. The molecule has 0 bridgehead atoms. The fraction of sp³-hybridized carbons (Fsp3) is 0.394. The van der Waals surface area contributed by atoms with Crippen LogP contribution in [0, 0.1) is 36.9 Å². The third-order valence-electron chi connectivity index (χ3n) is 8.43. The van der Waals surface area contributed by atoms with Gasteiger partial charge in [-0.2, -0.15) is 0 Å². The van der Waals surface area contributed by atoms with Crippen molar-refractivity contribution in [3.8, 4) is 0 Å². The van der Waals surface area contributed by atoms with Gasteiger partial charge in [0.25, 0.3) is 5.91 Å². The Kier molecular flexibility index (Phi) is 7.64. The van der Waals surface area contributed by atoms with Gasteiger partial charge in [0.1, 0.15) is 5.82 Å². The van der Waals surface area contributed by atoms with E-state index in [1.165, 1.54) is 36.2 Å². The summed E-state index contributed by atoms with van der Waals surface area (Å²) in [6, 6.07) is 20.8. The summed E-state index contributed by atoms with van der Waals surface area (Å²) in [5.41, 5.74) is 5.70. The lowest BCUT2D eigenvalue weighted by Gasteiger charge is -2.41. The summed E-state index contributed by atoms with van der Waals surface area (Å²) >= 11 is 0. The highest BCUT2D eigenvalue weighted by Gasteiger charge is 2.33. The molecule has 0 aromatic heterocycles. The molecule has 3 aromatic carbocycles. The fourth-order valence-corrected chi connectivity index (χ4v) is 5.85. The lowest BCUT2D eigenvalue weighted by molar-refractivity contribution is 0.0679. The Morgan fingerprint density at radius 1 is 0.947 bits per heavy atom. The molecule has 1 saturated heterocycles. The van der Waals surface area contributed by atoms with Crippen LogP contribution < -0.4 is 4.90 Å². The zero-order chi connectivity index (χ0) is 26.8. The summed E-state index contributed by atoms with van der Waals surface area (Å²) < 4.78 is 13.7. The number of carbonyl (C=O) groups is 1. The number of benzene rings is 3. The molecule has 1 aliphatic heterocycles. The molecular weight excluding hydrogens is 473 g/mol. The first-order valence-electron chi connectivity index (χ1n) is 13.9. The molecule has 5 heteroatoms. The molecule has 1 unspecified atom stereocenters. The quantitative estimate of drug-likeness (QED) is 0.331. The van der Waals surface area contributed by atoms with Crippen LogP contribution in [-0.2, 0) is 0 Å². The van der Waals surface area contributed by atoms with Gasteiger partial charge in [0.2, 0.25) is 0 Å². The molecule has 2 fully saturated rings. The SMILES string of the molecule is Cc1cc(C(=O)N2CCC(C(C)N(CC3CC3)c3ccccc3C)CC2)ccc1C(=N)c1cccc(F)c1. The molecule has 1 aliphatic carbocycles. The molecule has 2 aliphatic rings. The number of carbonyl (C=O) groups excluding carboxylic acids is 1. The Balaban J connectivity index is 1.24. The van der Waals surface area contributed by atoms with Crippen molar-refractivity contribution in [3.05, 3.63) is 100 Å². The first kappa shape index (κ1) is 26.1. The zero-order valence-electron chi connectivity index (χ0n) is 22.7. The average molecular weight is 512 g/mol. The van der Waals surface area contributed by atoms with Crippen LogP contribution in [0.3, 0.4) is 0 Å². The molecule has 38 heavy (non-hydrogen) atoms. The molecule has 1 atom stereocenters. The number of hydrogen-bond acceptors (Lipinski definition) is 3. The molecule has 198 valence electrons. The van der Waals surface area contributed by atoms with Gasteiger partial charge in [-0.05, 0) is 99.7 Å². The van der Waals surface area contributed by atoms with Gasteiger partial charge in [-0.25, -0.2) is 4.39 Å². The van der Waals surface area contributed by atoms with Crippen LogP contribution in [0.4, 0.5) is 10.1 Å². The van der Waals surface area contributed by atoms with E-state index in [1.54, 1.807) is 12.1 Å². The number of rotatable bonds is 8. The highest BCUT2D eigenvalue weighted by atomic mass is 19.1. The molecule has 0 radical (unpaired) electrons. The summed E-state index contributed by atoms with van der Waals surface area (Å²) in [5.74, 6) is 1.06. The number of halogens is 1. The minimum absolute atomic E-state index is 0.0526. The zero-order valence-corrected chi connectivity index (χ0v) is 22.7. The second-order valence-electron chi connectivity index (χ2n) is 11.2. The Labute approximate surface area is 226 Å². The monoisotopic (exact) mass is 511 g/mol. The number of likely N-dealkylation sites (tertiary alicyclic amines) is 1. The maximum absolute atomic E-state index is 13.7. The average Bonchev–Trinajstić information content (AvgIpc) is 3.75. The van der Waals surface area contributed by atoms with E-state index >= 15 is 0 Å². The molecule has 5 rings (SSSR count). The number of anilines is 1. The number of piperidine rings is 1. The normalized spacial score (nSPS) is 16.8. The van der Waals surface area contributed by atoms with E-state index in [2.05, 4.69) is 43.0 Å². The summed E-state index contributed by atoms with van der Waals surface area (Å²) in [7, 11) is 0. The molecule has 4 nitrogen and oxygen atoms in total. The smallest absolute Gasteiger partial charge is 0.253 e. The van der Waals surface area contributed by atoms with Crippen molar-refractivity contribution in [2.75, 3.05) is 24.5 Å². The van der Waals surface area contributed by atoms with E-state index in [0.29, 0.717) is 28.7 Å². The van der Waals surface area contributed by atoms with Crippen LogP contribution in [-0.4, -0.2) is 42.2 Å². The second kappa shape index (κ2) is 11.1. The summed E-state index contributed by atoms with van der Waals surface area (Å²) in [6.45, 7) is 9.13. The van der Waals surface area contributed by atoms with Crippen molar-refractivity contribution in [2.45, 2.75) is 52.5 Å². The summed E-state index contributed by atoms with van der Waals surface area (Å²) in [4.78, 5) is 18.0. The Morgan fingerprint density at radius 3 is 2.34 bits per heavy atom. The molecule has 1 saturated carbocycles. The van der Waals surface area contributed by atoms with E-state index in [-0.39, 0.29) is 17.4 Å². The van der Waals surface area contributed by atoms with Crippen molar-refractivity contribution in [1.82, 2.24) is 4.90 Å². The molecule has 1 heterocycles. The third-order valence-corrected chi connectivity index (χ3v) is 8.43. The van der Waals surface area contributed by atoms with Crippen molar-refractivity contribution >= 4 is 17.3 Å². The number of aryl methyl sites for hydroxylation is 2. The van der Waals surface area contributed by atoms with Crippen LogP contribution in [0.5, 0.6) is 0 Å². The predicted molar refractivity (Wildman–Crippen MR) is 153 cm³/mol. The maximum Gasteiger partial charge on any atom is 0.253 e. The molecular formula is C33H38FN3O. The van der Waals surface area contributed by atoms with Crippen LogP contribution in [0.1, 0.15) is 65.2 Å². The minimum atomic E-state index is -0.357. The molecule has 0 spiro atoms. The number of nitrogens with zero attached hydrogens (tertiary/aromatic N) is 2. The topological polar surface area (TPSA) is 47.4 Å². The molecule has 1 amide bonds. The van der Waals surface area contributed by atoms with Crippen LogP contribution in [0.2, 0.25) is 0 Å². The van der Waals surface area contributed by atoms with E-state index in [4.69, 9.17) is 5.41 Å². The van der Waals surface area contributed by atoms with Crippen LogP contribution in [0.25, 0.3) is 0 Å². The van der Waals surface area contributed by atoms with Gasteiger partial charge in [-0.15, -0.1) is 0 Å². The fourth-order valence-electron chi connectivity index (χ4n) is 5.85. The third kappa shape index (κ3) is 5.67. The van der Waals surface area contributed by atoms with E-state index in [0.717, 1.165) is 44.0 Å². The highest BCUT2D eigenvalue weighted by Crippen LogP contribution is 2.36. The van der Waals surface area contributed by atoms with Gasteiger partial charge < -0.3 is 9.80 Å². The Hall–Kier alpha value is -3.47. The van der Waals surface area contributed by atoms with Crippen LogP contribution in [0.15, 0.2) is 66.7 Å². The van der Waals surface area contributed by atoms with E-state index in [9.17, 15) is 9.18 Å². The van der Waals surface area contributed by atoms with Crippen molar-refractivity contribution in [2.24, 2.45) is 11.8 Å². The maximum atomic E-state index is 13.7. The molecule has 1 N–H and O–H groups in total. The Bertz CT molecular complexity index is 1320. The van der Waals surface area contributed by atoms with E-state index < -0.39 is 0 Å². The van der Waals surface area contributed by atoms with Gasteiger partial charge in [-0.1, -0.05) is 36.4 Å². The second-order valence-corrected chi connectivity index (χ2v) is 11.2. The van der Waals surface area contributed by atoms with Gasteiger partial charge in [-0.3, -0.25) is 10.2 Å². The van der Waals surface area contributed by atoms with Gasteiger partial charge in [0.05, 0.1) is 5.71 Å². The van der Waals surface area contributed by atoms with Gasteiger partial charge >= 0.3 is 0 Å². The Morgan fingerprint density at radius 2 is 1.68 bits per heavy atom. The summed E-state index contributed by atoms with van der Waals surface area (Å²) in [5, 5.41) is 8.53. The van der Waals surface area contributed by atoms with Gasteiger partial charge in [0.15, 0.2) is 0 Å². The highest BCUT2D eigenvalue weighted by molar-refractivity contribution is 6.12. The van der Waals surface area contributed by atoms with Crippen molar-refractivity contribution in [1.29, 1.82) is 5.41 Å². The molecule has 3 aromatic rings. The lowest BCUT2D eigenvalue weighted by Crippen LogP contribution is -2.46. The largest absolute Gasteiger partial charge is 0.368 e. The van der Waals surface area contributed by atoms with Crippen LogP contribution >= 0.6 is 0 Å². The first-order valence-corrected chi connectivity index (χ1v) is 13.9. The van der Waals surface area contributed by atoms with Crippen molar-refractivity contribution in [3.63, 3.8) is 0 Å². The number of nitrogens with one attached hydrogen (secondary N) is 1. The number of para-hydroxylation sites is 1. The van der Waals surface area contributed by atoms with Gasteiger partial charge in [0, 0.05) is 48.1 Å². The van der Waals surface area contributed by atoms with E-state index in [1.807, 2.05) is 30.0 Å². The lowest BCUT2D eigenvalue weighted by atomic mass is 9.88. The number of hydrogen-bond donors (Lipinski definition) is 1. The summed E-state index contributed by atoms with van der Waals surface area (Å²) in [6.07, 6.45) is 4.67. The minimum Gasteiger partial charge on any atom is -0.368 e. The van der Waals surface area contributed by atoms with Crippen molar-refractivity contribution < 1.29 is 9.18 Å². The number of amides is 1. The standard InChI is InChI=1S/C33H38FN3O/c1-22-7-4-5-10-31(22)37(21-25-11-12-25)24(3)26-15-17-36(18-16-26)33(38)28-13-14-30(23(2)19-28)32(35)27-8-6-9-29(34)20-27/h4-10,13-14,19-20,24-26,35H,11-12,15-18,21H2,1-3H3. The first-order chi connectivity index (χ1) is 18.3.